The maximum Gasteiger partial charge on any atom is 0.143 e. The van der Waals surface area contributed by atoms with E-state index in [0.717, 1.165) is 17.0 Å². The first-order valence-corrected chi connectivity index (χ1v) is 5.97. The molecule has 0 atom stereocenters. The van der Waals surface area contributed by atoms with Crippen LogP contribution < -0.4 is 10.5 Å². The Kier molecular flexibility index (Phi) is 3.51. The quantitative estimate of drug-likeness (QED) is 0.841. The first-order chi connectivity index (χ1) is 8.56. The van der Waals surface area contributed by atoms with E-state index in [2.05, 4.69) is 4.98 Å². The number of aryl methyl sites for hydroxylation is 3. The first kappa shape index (κ1) is 12.4. The molecule has 0 fully saturated rings. The predicted molar refractivity (Wildman–Crippen MR) is 73.6 cm³/mol. The molecule has 3 nitrogen and oxygen atoms in total. The molecule has 0 unspecified atom stereocenters. The van der Waals surface area contributed by atoms with E-state index in [1.54, 1.807) is 0 Å². The molecule has 2 aromatic rings. The number of nitrogens with two attached hydrogens (primary N) is 1. The number of benzene rings is 1. The summed E-state index contributed by atoms with van der Waals surface area (Å²) in [6.07, 6.45) is 1.84. The summed E-state index contributed by atoms with van der Waals surface area (Å²) in [6, 6.07) is 7.90. The fourth-order valence-corrected chi connectivity index (χ4v) is 1.67. The van der Waals surface area contributed by atoms with Crippen molar-refractivity contribution in [1.29, 1.82) is 0 Å². The van der Waals surface area contributed by atoms with Gasteiger partial charge in [0.25, 0.3) is 0 Å². The van der Waals surface area contributed by atoms with E-state index in [-0.39, 0.29) is 0 Å². The van der Waals surface area contributed by atoms with Crippen LogP contribution in [0, 0.1) is 20.8 Å². The summed E-state index contributed by atoms with van der Waals surface area (Å²) < 4.78 is 5.71. The Morgan fingerprint density at radius 2 is 1.83 bits per heavy atom. The second-order valence-electron chi connectivity index (χ2n) is 4.59. The van der Waals surface area contributed by atoms with E-state index in [1.165, 1.54) is 11.1 Å². The van der Waals surface area contributed by atoms with Gasteiger partial charge in [-0.3, -0.25) is 4.98 Å². The number of hydrogen-bond acceptors (Lipinski definition) is 3. The van der Waals surface area contributed by atoms with Crippen molar-refractivity contribution in [1.82, 2.24) is 4.98 Å². The molecule has 3 heteroatoms. The highest BCUT2D eigenvalue weighted by atomic mass is 16.5. The van der Waals surface area contributed by atoms with Crippen molar-refractivity contribution >= 4 is 5.69 Å². The Balaban J connectivity index is 2.10. The van der Waals surface area contributed by atoms with Gasteiger partial charge in [0.05, 0.1) is 11.4 Å². The summed E-state index contributed by atoms with van der Waals surface area (Å²) in [7, 11) is 0. The van der Waals surface area contributed by atoms with Crippen molar-refractivity contribution in [2.24, 2.45) is 0 Å². The average Bonchev–Trinajstić information content (AvgIpc) is 2.34. The van der Waals surface area contributed by atoms with Gasteiger partial charge in [-0.1, -0.05) is 6.07 Å². The van der Waals surface area contributed by atoms with E-state index in [9.17, 15) is 0 Å². The third kappa shape index (κ3) is 2.80. The second kappa shape index (κ2) is 5.08. The second-order valence-corrected chi connectivity index (χ2v) is 4.59. The van der Waals surface area contributed by atoms with E-state index in [4.69, 9.17) is 10.5 Å². The van der Waals surface area contributed by atoms with Crippen LogP contribution >= 0.6 is 0 Å². The molecule has 0 saturated carbocycles. The molecule has 1 heterocycles. The monoisotopic (exact) mass is 242 g/mol. The molecule has 18 heavy (non-hydrogen) atoms. The van der Waals surface area contributed by atoms with Gasteiger partial charge >= 0.3 is 0 Å². The lowest BCUT2D eigenvalue weighted by Gasteiger charge is -2.11. The Morgan fingerprint density at radius 1 is 1.11 bits per heavy atom. The number of rotatable bonds is 3. The topological polar surface area (TPSA) is 48.1 Å². The minimum Gasteiger partial charge on any atom is -0.485 e. The Bertz CT molecular complexity index is 547. The highest BCUT2D eigenvalue weighted by Gasteiger charge is 2.04. The van der Waals surface area contributed by atoms with E-state index < -0.39 is 0 Å². The zero-order chi connectivity index (χ0) is 13.1. The van der Waals surface area contributed by atoms with Gasteiger partial charge < -0.3 is 10.5 Å². The lowest BCUT2D eigenvalue weighted by atomic mass is 10.1. The van der Waals surface area contributed by atoms with Crippen molar-refractivity contribution in [3.05, 3.63) is 52.8 Å². The molecule has 0 bridgehead atoms. The number of anilines is 1. The Labute approximate surface area is 108 Å². The zero-order valence-corrected chi connectivity index (χ0v) is 11.0. The minimum atomic E-state index is 0.437. The summed E-state index contributed by atoms with van der Waals surface area (Å²) in [5.41, 5.74) is 11.0. The van der Waals surface area contributed by atoms with E-state index in [0.29, 0.717) is 12.3 Å². The molecule has 2 N–H and O–H groups in total. The summed E-state index contributed by atoms with van der Waals surface area (Å²) in [5.74, 6) is 0.723. The molecular formula is C15H18N2O. The molecule has 0 amide bonds. The van der Waals surface area contributed by atoms with Crippen LogP contribution in [0.5, 0.6) is 5.75 Å². The van der Waals surface area contributed by atoms with Crippen LogP contribution in [0.15, 0.2) is 30.5 Å². The normalized spacial score (nSPS) is 10.4. The number of nitrogens with zero attached hydrogens (tertiary/aromatic N) is 1. The minimum absolute atomic E-state index is 0.437. The SMILES string of the molecule is Cc1ccc(COc2cc(C)c(C)cc2N)nc1. The number of nitrogen functional groups attached to an aromatic ring is 1. The molecule has 0 radical (unpaired) electrons. The van der Waals surface area contributed by atoms with Crippen LogP contribution in [0.2, 0.25) is 0 Å². The standard InChI is InChI=1S/C15H18N2O/c1-10-4-5-13(17-8-10)9-18-15-7-12(3)11(2)6-14(15)16/h4-8H,9,16H2,1-3H3. The van der Waals surface area contributed by atoms with E-state index in [1.807, 2.05) is 51.2 Å². The van der Waals surface area contributed by atoms with Crippen LogP contribution in [0.3, 0.4) is 0 Å². The highest BCUT2D eigenvalue weighted by Crippen LogP contribution is 2.25. The molecule has 1 aromatic heterocycles. The molecule has 0 spiro atoms. The largest absolute Gasteiger partial charge is 0.485 e. The van der Waals surface area contributed by atoms with Gasteiger partial charge in [-0.2, -0.15) is 0 Å². The number of pyridine rings is 1. The Hall–Kier alpha value is -2.03. The van der Waals surface area contributed by atoms with Gasteiger partial charge in [-0.05, 0) is 55.7 Å². The summed E-state index contributed by atoms with van der Waals surface area (Å²) >= 11 is 0. The van der Waals surface area contributed by atoms with Crippen molar-refractivity contribution in [3.8, 4) is 5.75 Å². The van der Waals surface area contributed by atoms with Crippen LogP contribution in [0.25, 0.3) is 0 Å². The lowest BCUT2D eigenvalue weighted by molar-refractivity contribution is 0.303. The smallest absolute Gasteiger partial charge is 0.143 e. The van der Waals surface area contributed by atoms with Crippen LogP contribution in [0.1, 0.15) is 22.4 Å². The van der Waals surface area contributed by atoms with Crippen molar-refractivity contribution in [2.45, 2.75) is 27.4 Å². The maximum atomic E-state index is 5.93. The fraction of sp³-hybridized carbons (Fsp3) is 0.267. The third-order valence-corrected chi connectivity index (χ3v) is 2.97. The summed E-state index contributed by atoms with van der Waals surface area (Å²) in [5, 5.41) is 0. The summed E-state index contributed by atoms with van der Waals surface area (Å²) in [4.78, 5) is 4.30. The van der Waals surface area contributed by atoms with Gasteiger partial charge in [-0.15, -0.1) is 0 Å². The van der Waals surface area contributed by atoms with Crippen molar-refractivity contribution < 1.29 is 4.74 Å². The van der Waals surface area contributed by atoms with Gasteiger partial charge in [0.15, 0.2) is 0 Å². The first-order valence-electron chi connectivity index (χ1n) is 5.97. The zero-order valence-electron chi connectivity index (χ0n) is 11.0. The molecule has 0 aliphatic carbocycles. The number of hydrogen-bond donors (Lipinski definition) is 1. The van der Waals surface area contributed by atoms with E-state index >= 15 is 0 Å². The summed E-state index contributed by atoms with van der Waals surface area (Å²) in [6.45, 7) is 6.54. The predicted octanol–water partition coefficient (Wildman–Crippen LogP) is 3.17. The highest BCUT2D eigenvalue weighted by molar-refractivity contribution is 5.56. The lowest BCUT2D eigenvalue weighted by Crippen LogP contribution is -2.01. The van der Waals surface area contributed by atoms with Gasteiger partial charge in [0.2, 0.25) is 0 Å². The van der Waals surface area contributed by atoms with Crippen LogP contribution in [-0.2, 0) is 6.61 Å². The van der Waals surface area contributed by atoms with Crippen molar-refractivity contribution in [2.75, 3.05) is 5.73 Å². The van der Waals surface area contributed by atoms with Gasteiger partial charge in [0.1, 0.15) is 12.4 Å². The average molecular weight is 242 g/mol. The molecule has 0 aliphatic heterocycles. The van der Waals surface area contributed by atoms with Gasteiger partial charge in [-0.25, -0.2) is 0 Å². The number of aromatic nitrogens is 1. The maximum absolute atomic E-state index is 5.93. The molecule has 0 aliphatic rings. The Morgan fingerprint density at radius 3 is 2.50 bits per heavy atom. The molecule has 0 saturated heterocycles. The van der Waals surface area contributed by atoms with Crippen molar-refractivity contribution in [3.63, 3.8) is 0 Å². The third-order valence-electron chi connectivity index (χ3n) is 2.97. The van der Waals surface area contributed by atoms with Crippen LogP contribution in [-0.4, -0.2) is 4.98 Å². The molecule has 2 rings (SSSR count). The fourth-order valence-electron chi connectivity index (χ4n) is 1.67. The number of ether oxygens (including phenoxy) is 1. The van der Waals surface area contributed by atoms with Gasteiger partial charge in [0, 0.05) is 6.20 Å². The van der Waals surface area contributed by atoms with Crippen LogP contribution in [0.4, 0.5) is 5.69 Å². The molecule has 1 aromatic carbocycles. The molecular weight excluding hydrogens is 224 g/mol. The molecule has 94 valence electrons.